The summed E-state index contributed by atoms with van der Waals surface area (Å²) in [5.74, 6) is -1.39. The highest BCUT2D eigenvalue weighted by Crippen LogP contribution is 2.28. The molecule has 0 saturated carbocycles. The zero-order valence-electron chi connectivity index (χ0n) is 18.6. The van der Waals surface area contributed by atoms with Crippen molar-refractivity contribution in [3.63, 3.8) is 0 Å². The fourth-order valence-electron chi connectivity index (χ4n) is 4.45. The highest BCUT2D eigenvalue weighted by molar-refractivity contribution is 5.97. The number of nitrogens with one attached hydrogen (secondary N) is 2. The molecule has 0 aromatic heterocycles. The summed E-state index contributed by atoms with van der Waals surface area (Å²) in [4.78, 5) is 39.6. The monoisotopic (exact) mass is 444 g/mol. The van der Waals surface area contributed by atoms with E-state index in [1.165, 1.54) is 11.0 Å². The molecule has 2 aliphatic rings. The number of benzene rings is 1. The van der Waals surface area contributed by atoms with Gasteiger partial charge in [-0.25, -0.2) is 0 Å². The van der Waals surface area contributed by atoms with Gasteiger partial charge in [0, 0.05) is 25.0 Å². The molecule has 0 radical (unpaired) electrons. The minimum atomic E-state index is -1.26. The molecule has 1 heterocycles. The number of nitrogens with two attached hydrogens (primary N) is 1. The van der Waals surface area contributed by atoms with E-state index in [1.54, 1.807) is 7.05 Å². The van der Waals surface area contributed by atoms with Crippen LogP contribution in [0.4, 0.5) is 0 Å². The lowest BCUT2D eigenvalue weighted by Crippen LogP contribution is -2.56. The number of hydrogen-bond donors (Lipinski definition) is 5. The molecule has 3 rings (SSSR count). The smallest absolute Gasteiger partial charge is 0.250 e. The highest BCUT2D eigenvalue weighted by Gasteiger charge is 2.39. The van der Waals surface area contributed by atoms with Crippen molar-refractivity contribution in [2.24, 2.45) is 11.7 Å². The zero-order valence-corrected chi connectivity index (χ0v) is 18.6. The van der Waals surface area contributed by atoms with E-state index >= 15 is 0 Å². The van der Waals surface area contributed by atoms with Crippen LogP contribution in [0.3, 0.4) is 0 Å². The number of amides is 3. The quantitative estimate of drug-likeness (QED) is 0.389. The molecule has 174 valence electrons. The molecule has 0 bridgehead atoms. The topological polar surface area (TPSA) is 145 Å². The largest absolute Gasteiger partial charge is 0.390 e. The van der Waals surface area contributed by atoms with Crippen molar-refractivity contribution >= 4 is 17.7 Å². The lowest BCUT2D eigenvalue weighted by Gasteiger charge is -2.38. The van der Waals surface area contributed by atoms with Crippen LogP contribution in [0.15, 0.2) is 35.9 Å². The van der Waals surface area contributed by atoms with E-state index in [0.29, 0.717) is 6.42 Å². The van der Waals surface area contributed by atoms with E-state index in [2.05, 4.69) is 10.6 Å². The van der Waals surface area contributed by atoms with Gasteiger partial charge in [-0.2, -0.15) is 0 Å². The van der Waals surface area contributed by atoms with Crippen molar-refractivity contribution in [2.75, 3.05) is 7.05 Å². The molecule has 3 amide bonds. The van der Waals surface area contributed by atoms with Crippen molar-refractivity contribution in [2.45, 2.75) is 63.6 Å². The van der Waals surface area contributed by atoms with Crippen LogP contribution in [0.1, 0.15) is 31.4 Å². The Morgan fingerprint density at radius 1 is 1.12 bits per heavy atom. The normalized spacial score (nSPS) is 26.2. The fraction of sp³-hybridized carbons (Fsp3) is 0.522. The Bertz CT molecular complexity index is 915. The fourth-order valence-corrected chi connectivity index (χ4v) is 4.45. The second kappa shape index (κ2) is 9.81. The van der Waals surface area contributed by atoms with Gasteiger partial charge < -0.3 is 31.5 Å². The molecule has 1 aliphatic heterocycles. The molecule has 0 saturated heterocycles. The van der Waals surface area contributed by atoms with Crippen LogP contribution in [0.5, 0.6) is 0 Å². The number of rotatable bonds is 6. The van der Waals surface area contributed by atoms with E-state index in [-0.39, 0.29) is 30.4 Å². The number of nitrogens with zero attached hydrogens (tertiary/aromatic N) is 1. The highest BCUT2D eigenvalue weighted by atomic mass is 16.3. The predicted molar refractivity (Wildman–Crippen MR) is 118 cm³/mol. The average Bonchev–Trinajstić information content (AvgIpc) is 2.75. The van der Waals surface area contributed by atoms with E-state index in [1.807, 2.05) is 38.1 Å². The van der Waals surface area contributed by atoms with Crippen LogP contribution in [0.25, 0.3) is 0 Å². The van der Waals surface area contributed by atoms with Gasteiger partial charge in [-0.3, -0.25) is 14.4 Å². The number of hydrogen-bond acceptors (Lipinski definition) is 6. The van der Waals surface area contributed by atoms with E-state index in [0.717, 1.165) is 11.1 Å². The first-order valence-corrected chi connectivity index (χ1v) is 10.9. The first-order valence-electron chi connectivity index (χ1n) is 10.9. The van der Waals surface area contributed by atoms with Crippen molar-refractivity contribution in [3.05, 3.63) is 47.0 Å². The summed E-state index contributed by atoms with van der Waals surface area (Å²) in [5, 5.41) is 26.5. The number of carbonyl (C=O) groups excluding carboxylic acids is 3. The lowest BCUT2D eigenvalue weighted by atomic mass is 9.87. The average molecular weight is 445 g/mol. The van der Waals surface area contributed by atoms with Gasteiger partial charge in [0.2, 0.25) is 11.8 Å². The van der Waals surface area contributed by atoms with E-state index in [4.69, 9.17) is 5.73 Å². The maximum absolute atomic E-state index is 13.4. The molecule has 9 nitrogen and oxygen atoms in total. The molecule has 1 aromatic carbocycles. The van der Waals surface area contributed by atoms with Gasteiger partial charge >= 0.3 is 0 Å². The second-order valence-electron chi connectivity index (χ2n) is 8.82. The van der Waals surface area contributed by atoms with Gasteiger partial charge in [-0.05, 0) is 24.1 Å². The summed E-state index contributed by atoms with van der Waals surface area (Å²) in [5.41, 5.74) is 7.71. The van der Waals surface area contributed by atoms with Crippen LogP contribution >= 0.6 is 0 Å². The van der Waals surface area contributed by atoms with Gasteiger partial charge in [-0.15, -0.1) is 0 Å². The summed E-state index contributed by atoms with van der Waals surface area (Å²) in [6.45, 7) is 3.98. The zero-order chi connectivity index (χ0) is 23.6. The molecular formula is C23H32N4O5. The molecule has 0 spiro atoms. The van der Waals surface area contributed by atoms with Gasteiger partial charge in [0.15, 0.2) is 0 Å². The second-order valence-corrected chi connectivity index (χ2v) is 8.82. The van der Waals surface area contributed by atoms with Crippen molar-refractivity contribution in [3.8, 4) is 0 Å². The first kappa shape index (κ1) is 23.9. The SMILES string of the molecule is CN[C@H](C(=O)N[C@H]1C=C(C(=O)N2Cc3ccccc3C[C@H]2C(N)=O)C[C@@H](O)[C@@H]1O)C(C)C. The third-order valence-corrected chi connectivity index (χ3v) is 6.25. The maximum Gasteiger partial charge on any atom is 0.250 e. The molecule has 9 heteroatoms. The van der Waals surface area contributed by atoms with Gasteiger partial charge in [0.05, 0.1) is 18.2 Å². The van der Waals surface area contributed by atoms with Crippen molar-refractivity contribution < 1.29 is 24.6 Å². The minimum absolute atomic E-state index is 0.000446. The Balaban J connectivity index is 1.86. The summed E-state index contributed by atoms with van der Waals surface area (Å²) < 4.78 is 0. The summed E-state index contributed by atoms with van der Waals surface area (Å²) in [6, 6.07) is 5.29. The van der Waals surface area contributed by atoms with Crippen LogP contribution < -0.4 is 16.4 Å². The number of carbonyl (C=O) groups is 3. The van der Waals surface area contributed by atoms with Gasteiger partial charge in [0.1, 0.15) is 12.1 Å². The number of fused-ring (bicyclic) bond motifs is 1. The van der Waals surface area contributed by atoms with Crippen LogP contribution in [-0.2, 0) is 27.3 Å². The predicted octanol–water partition coefficient (Wildman–Crippen LogP) is -0.794. The minimum Gasteiger partial charge on any atom is -0.390 e. The van der Waals surface area contributed by atoms with Crippen LogP contribution in [0, 0.1) is 5.92 Å². The molecular weight excluding hydrogens is 412 g/mol. The maximum atomic E-state index is 13.4. The van der Waals surface area contributed by atoms with Gasteiger partial charge in [-0.1, -0.05) is 44.2 Å². The molecule has 1 aromatic rings. The molecule has 6 N–H and O–H groups in total. The van der Waals surface area contributed by atoms with E-state index < -0.39 is 42.1 Å². The molecule has 0 fully saturated rings. The van der Waals surface area contributed by atoms with E-state index in [9.17, 15) is 24.6 Å². The summed E-state index contributed by atoms with van der Waals surface area (Å²) in [6.07, 6.45) is -0.790. The summed E-state index contributed by atoms with van der Waals surface area (Å²) in [7, 11) is 1.67. The Hall–Kier alpha value is -2.75. The van der Waals surface area contributed by atoms with Crippen LogP contribution in [-0.4, -0.2) is 70.2 Å². The Labute approximate surface area is 187 Å². The summed E-state index contributed by atoms with van der Waals surface area (Å²) >= 11 is 0. The molecule has 5 atom stereocenters. The van der Waals surface area contributed by atoms with Crippen LogP contribution in [0.2, 0.25) is 0 Å². The number of primary amides is 1. The Morgan fingerprint density at radius 3 is 2.38 bits per heavy atom. The third-order valence-electron chi connectivity index (χ3n) is 6.25. The lowest BCUT2D eigenvalue weighted by molar-refractivity contribution is -0.138. The third kappa shape index (κ3) is 4.85. The standard InChI is InChI=1S/C23H32N4O5/c1-12(2)19(25-3)22(31)26-16-8-15(10-18(28)20(16)29)23(32)27-11-14-7-5-4-6-13(14)9-17(27)21(24)30/h4-8,12,16-20,25,28-29H,9-11H2,1-3H3,(H2,24,30)(H,26,31)/t16-,17-,18+,19-,20+/m0/s1. The molecule has 0 unspecified atom stereocenters. The molecule has 1 aliphatic carbocycles. The first-order chi connectivity index (χ1) is 15.1. The number of likely N-dealkylation sites (N-methyl/N-ethyl adjacent to an activating group) is 1. The number of aliphatic hydroxyl groups is 2. The van der Waals surface area contributed by atoms with Crippen molar-refractivity contribution in [1.29, 1.82) is 0 Å². The Morgan fingerprint density at radius 2 is 1.78 bits per heavy atom. The Kier molecular flexibility index (Phi) is 7.33. The van der Waals surface area contributed by atoms with Gasteiger partial charge in [0.25, 0.3) is 5.91 Å². The number of aliphatic hydroxyl groups excluding tert-OH is 2. The molecule has 32 heavy (non-hydrogen) atoms. The van der Waals surface area contributed by atoms with Crippen molar-refractivity contribution in [1.82, 2.24) is 15.5 Å².